The Bertz CT molecular complexity index is 1440. The lowest BCUT2D eigenvalue weighted by Gasteiger charge is -2.24. The highest BCUT2D eigenvalue weighted by molar-refractivity contribution is 7.21. The molecule has 0 aliphatic rings. The van der Waals surface area contributed by atoms with E-state index in [2.05, 4.69) is 74.2 Å². The molecule has 0 atom stereocenters. The van der Waals surface area contributed by atoms with Gasteiger partial charge in [-0.2, -0.15) is 0 Å². The van der Waals surface area contributed by atoms with Gasteiger partial charge in [0, 0.05) is 35.8 Å². The van der Waals surface area contributed by atoms with Crippen molar-refractivity contribution in [3.05, 3.63) is 66.2 Å². The fourth-order valence-corrected chi connectivity index (χ4v) is 5.42. The quantitative estimate of drug-likeness (QED) is 0.227. The average Bonchev–Trinajstić information content (AvgIpc) is 3.47. The van der Waals surface area contributed by atoms with Crippen molar-refractivity contribution in [2.24, 2.45) is 0 Å². The maximum Gasteiger partial charge on any atom is 0.138 e. The van der Waals surface area contributed by atoms with Crippen LogP contribution in [0.1, 0.15) is 45.1 Å². The fraction of sp³-hybridized carbons (Fsp3) is 0.300. The molecule has 0 spiro atoms. The molecule has 0 amide bonds. The Morgan fingerprint density at radius 2 is 1.66 bits per heavy atom. The van der Waals surface area contributed by atoms with Gasteiger partial charge in [-0.05, 0) is 73.9 Å². The molecular formula is C30H32N2O2S. The van der Waals surface area contributed by atoms with Crippen LogP contribution in [-0.2, 0) is 0 Å². The monoisotopic (exact) mass is 484 g/mol. The average molecular weight is 485 g/mol. The van der Waals surface area contributed by atoms with E-state index in [1.807, 2.05) is 6.07 Å². The van der Waals surface area contributed by atoms with Crippen LogP contribution in [0.15, 0.2) is 65.1 Å². The van der Waals surface area contributed by atoms with Crippen molar-refractivity contribution in [1.82, 2.24) is 4.98 Å². The highest BCUT2D eigenvalue weighted by Crippen LogP contribution is 2.40. The van der Waals surface area contributed by atoms with Crippen molar-refractivity contribution < 1.29 is 9.52 Å². The van der Waals surface area contributed by atoms with Gasteiger partial charge in [-0.25, -0.2) is 4.98 Å². The molecule has 5 rings (SSSR count). The molecule has 3 aromatic carbocycles. The molecule has 0 aliphatic carbocycles. The molecule has 5 heteroatoms. The van der Waals surface area contributed by atoms with Crippen molar-refractivity contribution in [2.75, 3.05) is 18.0 Å². The van der Waals surface area contributed by atoms with Crippen molar-refractivity contribution in [3.8, 4) is 27.6 Å². The summed E-state index contributed by atoms with van der Waals surface area (Å²) in [6.07, 6.45) is 4.81. The van der Waals surface area contributed by atoms with Gasteiger partial charge in [0.2, 0.25) is 0 Å². The molecule has 0 bridgehead atoms. The topological polar surface area (TPSA) is 49.5 Å². The summed E-state index contributed by atoms with van der Waals surface area (Å²) in [5.41, 5.74) is 5.85. The van der Waals surface area contributed by atoms with Crippen LogP contribution in [0.3, 0.4) is 0 Å². The maximum absolute atomic E-state index is 10.8. The fourth-order valence-electron chi connectivity index (χ4n) is 4.45. The molecule has 0 radical (unpaired) electrons. The first-order chi connectivity index (χ1) is 17.1. The number of anilines is 1. The Balaban J connectivity index is 1.44. The molecule has 35 heavy (non-hydrogen) atoms. The second-order valence-corrected chi connectivity index (χ2v) is 10.3. The Hall–Kier alpha value is -3.31. The summed E-state index contributed by atoms with van der Waals surface area (Å²) in [6.45, 7) is 8.73. The summed E-state index contributed by atoms with van der Waals surface area (Å²) < 4.78 is 7.26. The number of benzene rings is 3. The number of aromatic hydroxyl groups is 1. The Morgan fingerprint density at radius 1 is 0.914 bits per heavy atom. The smallest absolute Gasteiger partial charge is 0.138 e. The number of nitrogens with zero attached hydrogens (tertiary/aromatic N) is 2. The van der Waals surface area contributed by atoms with Crippen LogP contribution in [0.4, 0.5) is 5.69 Å². The molecular weight excluding hydrogens is 452 g/mol. The predicted molar refractivity (Wildman–Crippen MR) is 149 cm³/mol. The number of phenols is 1. The van der Waals surface area contributed by atoms with E-state index < -0.39 is 0 Å². The third-order valence-electron chi connectivity index (χ3n) is 6.49. The first-order valence-electron chi connectivity index (χ1n) is 12.5. The van der Waals surface area contributed by atoms with Gasteiger partial charge in [-0.1, -0.05) is 32.8 Å². The summed E-state index contributed by atoms with van der Waals surface area (Å²) in [4.78, 5) is 7.25. The molecule has 0 aliphatic heterocycles. The van der Waals surface area contributed by atoms with E-state index in [9.17, 15) is 5.11 Å². The molecule has 1 N–H and O–H groups in total. The lowest BCUT2D eigenvalue weighted by atomic mass is 10.1. The molecule has 2 heterocycles. The van der Waals surface area contributed by atoms with Gasteiger partial charge < -0.3 is 14.4 Å². The molecule has 4 nitrogen and oxygen atoms in total. The third-order valence-corrected chi connectivity index (χ3v) is 7.56. The van der Waals surface area contributed by atoms with Gasteiger partial charge in [-0.3, -0.25) is 0 Å². The normalized spacial score (nSPS) is 11.5. The van der Waals surface area contributed by atoms with Crippen molar-refractivity contribution in [3.63, 3.8) is 0 Å². The summed E-state index contributed by atoms with van der Waals surface area (Å²) >= 11 is 1.59. The van der Waals surface area contributed by atoms with E-state index >= 15 is 0 Å². The minimum Gasteiger partial charge on any atom is -0.507 e. The van der Waals surface area contributed by atoms with Crippen LogP contribution in [-0.4, -0.2) is 23.2 Å². The molecule has 0 saturated carbocycles. The molecule has 180 valence electrons. The molecule has 2 aromatic heterocycles. The van der Waals surface area contributed by atoms with Gasteiger partial charge in [0.15, 0.2) is 0 Å². The van der Waals surface area contributed by atoms with E-state index in [1.54, 1.807) is 17.4 Å². The zero-order valence-corrected chi connectivity index (χ0v) is 21.5. The second kappa shape index (κ2) is 10.1. The predicted octanol–water partition coefficient (Wildman–Crippen LogP) is 8.80. The second-order valence-electron chi connectivity index (χ2n) is 9.25. The number of hydrogen-bond acceptors (Lipinski definition) is 5. The summed E-state index contributed by atoms with van der Waals surface area (Å²) in [7, 11) is 0. The number of fused-ring (bicyclic) bond motifs is 2. The van der Waals surface area contributed by atoms with Gasteiger partial charge in [0.05, 0.1) is 15.8 Å². The number of aromatic nitrogens is 1. The summed E-state index contributed by atoms with van der Waals surface area (Å²) in [6, 6.07) is 20.7. The number of aryl methyl sites for hydroxylation is 1. The lowest BCUT2D eigenvalue weighted by Crippen LogP contribution is -2.25. The zero-order valence-electron chi connectivity index (χ0n) is 20.7. The van der Waals surface area contributed by atoms with Gasteiger partial charge in [0.1, 0.15) is 22.1 Å². The van der Waals surface area contributed by atoms with Crippen LogP contribution in [0.2, 0.25) is 0 Å². The molecule has 0 unspecified atom stereocenters. The van der Waals surface area contributed by atoms with Crippen LogP contribution < -0.4 is 4.90 Å². The van der Waals surface area contributed by atoms with Crippen molar-refractivity contribution in [2.45, 2.75) is 46.5 Å². The standard InChI is InChI=1S/C30H32N2O2S/c1-4-6-14-32(15-7-5-2)23-11-9-21(10-12-23)27-18-22-17-24(26(33)19-28(22)34-27)30-31-25-16-20(3)8-13-29(25)35-30/h8-13,16-19,33H,4-7,14-15H2,1-3H3. The number of furan rings is 1. The van der Waals surface area contributed by atoms with Crippen LogP contribution in [0.25, 0.3) is 43.1 Å². The largest absolute Gasteiger partial charge is 0.507 e. The SMILES string of the molecule is CCCCN(CCCC)c1ccc(-c2cc3cc(-c4nc5cc(C)ccc5s4)c(O)cc3o2)cc1. The Labute approximate surface area is 210 Å². The van der Waals surface area contributed by atoms with E-state index in [0.717, 1.165) is 50.6 Å². The number of unbranched alkanes of at least 4 members (excludes halogenated alkanes) is 2. The van der Waals surface area contributed by atoms with Gasteiger partial charge in [0.25, 0.3) is 0 Å². The van der Waals surface area contributed by atoms with Gasteiger partial charge >= 0.3 is 0 Å². The van der Waals surface area contributed by atoms with Crippen LogP contribution in [0, 0.1) is 6.92 Å². The number of rotatable bonds is 9. The number of hydrogen-bond donors (Lipinski definition) is 1. The van der Waals surface area contributed by atoms with E-state index in [4.69, 9.17) is 9.40 Å². The molecule has 5 aromatic rings. The molecule has 0 saturated heterocycles. The Kier molecular flexibility index (Phi) is 6.78. The van der Waals surface area contributed by atoms with E-state index in [-0.39, 0.29) is 5.75 Å². The van der Waals surface area contributed by atoms with Crippen molar-refractivity contribution in [1.29, 1.82) is 0 Å². The summed E-state index contributed by atoms with van der Waals surface area (Å²) in [5, 5.41) is 12.5. The van der Waals surface area contributed by atoms with E-state index in [1.165, 1.54) is 36.9 Å². The van der Waals surface area contributed by atoms with Crippen LogP contribution >= 0.6 is 11.3 Å². The third kappa shape index (κ3) is 4.92. The summed E-state index contributed by atoms with van der Waals surface area (Å²) in [5.74, 6) is 0.990. The van der Waals surface area contributed by atoms with Crippen molar-refractivity contribution >= 4 is 38.2 Å². The van der Waals surface area contributed by atoms with Gasteiger partial charge in [-0.15, -0.1) is 11.3 Å². The maximum atomic E-state index is 10.8. The minimum absolute atomic E-state index is 0.187. The minimum atomic E-state index is 0.187. The number of phenolic OH excluding ortho intramolecular Hbond substituents is 1. The number of thiazole rings is 1. The highest BCUT2D eigenvalue weighted by Gasteiger charge is 2.15. The Morgan fingerprint density at radius 3 is 2.37 bits per heavy atom. The van der Waals surface area contributed by atoms with E-state index in [0.29, 0.717) is 5.58 Å². The zero-order chi connectivity index (χ0) is 24.4. The van der Waals surface area contributed by atoms with Crippen LogP contribution in [0.5, 0.6) is 5.75 Å². The highest BCUT2D eigenvalue weighted by atomic mass is 32.1. The first kappa shape index (κ1) is 23.4. The lowest BCUT2D eigenvalue weighted by molar-refractivity contribution is 0.476. The molecule has 0 fully saturated rings. The first-order valence-corrected chi connectivity index (χ1v) is 13.4.